The van der Waals surface area contributed by atoms with Crippen molar-refractivity contribution in [1.29, 1.82) is 0 Å². The third-order valence-electron chi connectivity index (χ3n) is 3.29. The lowest BCUT2D eigenvalue weighted by Gasteiger charge is -2.15. The summed E-state index contributed by atoms with van der Waals surface area (Å²) >= 11 is 0. The zero-order valence-electron chi connectivity index (χ0n) is 8.47. The van der Waals surface area contributed by atoms with Gasteiger partial charge in [0.2, 0.25) is 0 Å². The van der Waals surface area contributed by atoms with Crippen LogP contribution in [0.15, 0.2) is 18.2 Å². The Hall–Kier alpha value is -0.670. The van der Waals surface area contributed by atoms with Crippen LogP contribution in [-0.2, 0) is 5.41 Å². The lowest BCUT2D eigenvalue weighted by molar-refractivity contribution is 0.536. The molecule has 2 rings (SSSR count). The van der Waals surface area contributed by atoms with Crippen LogP contribution in [0.2, 0.25) is 0 Å². The van der Waals surface area contributed by atoms with Gasteiger partial charge in [0.05, 0.1) is 0 Å². The van der Waals surface area contributed by atoms with Gasteiger partial charge in [-0.2, -0.15) is 0 Å². The molecule has 0 radical (unpaired) electrons. The topological polar surface area (TPSA) is 26.0 Å². The van der Waals surface area contributed by atoms with Gasteiger partial charge < -0.3 is 5.73 Å². The lowest BCUT2D eigenvalue weighted by atomic mass is 9.93. The normalized spacial score (nSPS) is 28.4. The Bertz CT molecular complexity index is 366. The summed E-state index contributed by atoms with van der Waals surface area (Å²) in [6.45, 7) is 2.46. The van der Waals surface area contributed by atoms with E-state index >= 15 is 0 Å². The van der Waals surface area contributed by atoms with Gasteiger partial charge in [-0.05, 0) is 24.0 Å². The first-order valence-corrected chi connectivity index (χ1v) is 4.76. The van der Waals surface area contributed by atoms with Crippen LogP contribution in [-0.4, -0.2) is 6.54 Å². The summed E-state index contributed by atoms with van der Waals surface area (Å²) in [5, 5.41) is 0. The molecule has 0 spiro atoms. The van der Waals surface area contributed by atoms with Gasteiger partial charge in [0, 0.05) is 18.0 Å². The number of rotatable bonds is 2. The first-order chi connectivity index (χ1) is 6.60. The lowest BCUT2D eigenvalue weighted by Crippen LogP contribution is -2.23. The Morgan fingerprint density at radius 2 is 2.07 bits per heavy atom. The van der Waals surface area contributed by atoms with Crippen molar-refractivity contribution in [3.63, 3.8) is 0 Å². The van der Waals surface area contributed by atoms with E-state index in [4.69, 9.17) is 5.73 Å². The molecule has 1 aliphatic rings. The Morgan fingerprint density at radius 3 is 2.47 bits per heavy atom. The molecule has 0 bridgehead atoms. The van der Waals surface area contributed by atoms with Gasteiger partial charge in [0.25, 0.3) is 0 Å². The third-order valence-corrected chi connectivity index (χ3v) is 3.29. The largest absolute Gasteiger partial charge is 0.330 e. The van der Waals surface area contributed by atoms with Crippen molar-refractivity contribution in [3.8, 4) is 0 Å². The number of benzene rings is 1. The van der Waals surface area contributed by atoms with Crippen LogP contribution >= 0.6 is 12.4 Å². The molecule has 2 N–H and O–H groups in total. The van der Waals surface area contributed by atoms with Crippen LogP contribution < -0.4 is 5.73 Å². The molecule has 15 heavy (non-hydrogen) atoms. The highest BCUT2D eigenvalue weighted by molar-refractivity contribution is 5.85. The molecule has 0 saturated heterocycles. The molecule has 0 aliphatic heterocycles. The van der Waals surface area contributed by atoms with Gasteiger partial charge in [0.1, 0.15) is 11.6 Å². The smallest absolute Gasteiger partial charge is 0.129 e. The number of nitrogens with two attached hydrogens (primary N) is 1. The quantitative estimate of drug-likeness (QED) is 0.835. The van der Waals surface area contributed by atoms with Gasteiger partial charge in [-0.3, -0.25) is 0 Å². The van der Waals surface area contributed by atoms with Crippen LogP contribution in [0.3, 0.4) is 0 Å². The SMILES string of the molecule is CC1CC1(CN)c1ccc(F)cc1F.Cl. The molecule has 4 heteroatoms. The molecular weight excluding hydrogens is 220 g/mol. The second-order valence-corrected chi connectivity index (χ2v) is 4.09. The van der Waals surface area contributed by atoms with Crippen molar-refractivity contribution in [2.24, 2.45) is 11.7 Å². The van der Waals surface area contributed by atoms with Crippen molar-refractivity contribution in [2.75, 3.05) is 6.54 Å². The number of halogens is 3. The molecule has 1 nitrogen and oxygen atoms in total. The Labute approximate surface area is 94.1 Å². The van der Waals surface area contributed by atoms with Crippen LogP contribution in [0.5, 0.6) is 0 Å². The minimum absolute atomic E-state index is 0. The molecule has 2 atom stereocenters. The molecule has 1 aromatic rings. The average molecular weight is 234 g/mol. The highest BCUT2D eigenvalue weighted by atomic mass is 35.5. The summed E-state index contributed by atoms with van der Waals surface area (Å²) in [5.74, 6) is -0.612. The van der Waals surface area contributed by atoms with E-state index in [1.54, 1.807) is 0 Å². The van der Waals surface area contributed by atoms with Crippen molar-refractivity contribution >= 4 is 12.4 Å². The number of hydrogen-bond acceptors (Lipinski definition) is 1. The van der Waals surface area contributed by atoms with E-state index in [2.05, 4.69) is 0 Å². The molecule has 0 amide bonds. The van der Waals surface area contributed by atoms with Gasteiger partial charge in [0.15, 0.2) is 0 Å². The summed E-state index contributed by atoms with van der Waals surface area (Å²) in [6.07, 6.45) is 0.895. The second kappa shape index (κ2) is 4.06. The van der Waals surface area contributed by atoms with E-state index in [1.165, 1.54) is 12.1 Å². The zero-order valence-corrected chi connectivity index (χ0v) is 9.28. The molecule has 2 unspecified atom stereocenters. The van der Waals surface area contributed by atoms with E-state index < -0.39 is 11.6 Å². The van der Waals surface area contributed by atoms with Gasteiger partial charge in [-0.25, -0.2) is 8.78 Å². The molecule has 1 fully saturated rings. The Morgan fingerprint density at radius 1 is 1.47 bits per heavy atom. The minimum atomic E-state index is -0.535. The zero-order chi connectivity index (χ0) is 10.3. The maximum absolute atomic E-state index is 13.5. The average Bonchev–Trinajstić information content (AvgIpc) is 2.78. The van der Waals surface area contributed by atoms with Crippen LogP contribution in [0.1, 0.15) is 18.9 Å². The molecule has 1 aliphatic carbocycles. The summed E-state index contributed by atoms with van der Waals surface area (Å²) in [5.41, 5.74) is 5.96. The van der Waals surface area contributed by atoms with Crippen molar-refractivity contribution in [2.45, 2.75) is 18.8 Å². The maximum Gasteiger partial charge on any atom is 0.129 e. The molecule has 0 aromatic heterocycles. The molecule has 1 saturated carbocycles. The Balaban J connectivity index is 0.00000112. The van der Waals surface area contributed by atoms with Gasteiger partial charge >= 0.3 is 0 Å². The summed E-state index contributed by atoms with van der Waals surface area (Å²) in [6, 6.07) is 3.74. The fraction of sp³-hybridized carbons (Fsp3) is 0.455. The molecule has 0 heterocycles. The maximum atomic E-state index is 13.5. The van der Waals surface area contributed by atoms with Crippen molar-refractivity contribution in [3.05, 3.63) is 35.4 Å². The van der Waals surface area contributed by atoms with E-state index in [-0.39, 0.29) is 17.8 Å². The second-order valence-electron chi connectivity index (χ2n) is 4.09. The highest BCUT2D eigenvalue weighted by Crippen LogP contribution is 2.53. The minimum Gasteiger partial charge on any atom is -0.330 e. The van der Waals surface area contributed by atoms with Crippen LogP contribution in [0.25, 0.3) is 0 Å². The fourth-order valence-electron chi connectivity index (χ4n) is 2.15. The van der Waals surface area contributed by atoms with Crippen LogP contribution in [0, 0.1) is 17.6 Å². The predicted octanol–water partition coefficient (Wildman–Crippen LogP) is 2.62. The van der Waals surface area contributed by atoms with E-state index in [0.29, 0.717) is 18.0 Å². The van der Waals surface area contributed by atoms with E-state index in [1.807, 2.05) is 6.92 Å². The van der Waals surface area contributed by atoms with E-state index in [9.17, 15) is 8.78 Å². The monoisotopic (exact) mass is 233 g/mol. The first-order valence-electron chi connectivity index (χ1n) is 4.76. The van der Waals surface area contributed by atoms with Crippen molar-refractivity contribution < 1.29 is 8.78 Å². The summed E-state index contributed by atoms with van der Waals surface area (Å²) in [4.78, 5) is 0. The summed E-state index contributed by atoms with van der Waals surface area (Å²) < 4.78 is 26.1. The third kappa shape index (κ3) is 1.86. The van der Waals surface area contributed by atoms with Gasteiger partial charge in [-0.15, -0.1) is 12.4 Å². The number of hydrogen-bond donors (Lipinski definition) is 1. The van der Waals surface area contributed by atoms with Crippen molar-refractivity contribution in [1.82, 2.24) is 0 Å². The first kappa shape index (κ1) is 12.4. The summed E-state index contributed by atoms with van der Waals surface area (Å²) in [7, 11) is 0. The fourth-order valence-corrected chi connectivity index (χ4v) is 2.15. The molecule has 1 aromatic carbocycles. The highest BCUT2D eigenvalue weighted by Gasteiger charge is 2.52. The molecular formula is C11H14ClF2N. The van der Waals surface area contributed by atoms with Gasteiger partial charge in [-0.1, -0.05) is 13.0 Å². The van der Waals surface area contributed by atoms with E-state index in [0.717, 1.165) is 12.5 Å². The predicted molar refractivity (Wildman–Crippen MR) is 58.1 cm³/mol. The molecule has 84 valence electrons. The van der Waals surface area contributed by atoms with Crippen LogP contribution in [0.4, 0.5) is 8.78 Å². The Kier molecular flexibility index (Phi) is 3.36. The standard InChI is InChI=1S/C11H13F2N.ClH/c1-7-5-11(7,6-14)9-3-2-8(12)4-10(9)13;/h2-4,7H,5-6,14H2,1H3;1H.